The summed E-state index contributed by atoms with van der Waals surface area (Å²) in [6, 6.07) is 16.0. The first-order chi connectivity index (χ1) is 21.8. The van der Waals surface area contributed by atoms with Crippen molar-refractivity contribution in [2.45, 2.75) is 88.9 Å². The zero-order valence-corrected chi connectivity index (χ0v) is 27.8. The maximum atomic E-state index is 14.9. The molecule has 46 heavy (non-hydrogen) atoms. The topological polar surface area (TPSA) is 92.2 Å². The van der Waals surface area contributed by atoms with Crippen molar-refractivity contribution in [1.82, 2.24) is 29.7 Å². The molecule has 236 valence electrons. The molecule has 4 atom stereocenters. The van der Waals surface area contributed by atoms with E-state index in [0.29, 0.717) is 26.2 Å². The molecule has 5 aliphatic rings. The standard InChI is InChI=1S/C38H42N6O2/c1-33(2)35(5)15-17-37(33,29-27(35)39-23-11-7-9-13-25(23)41-29)31(45)43-19-21-44(22-20-43)32(46)38-18-16-36(6,34(38,3)4)28-30(38)42-26-14-10-8-12-24(26)40-28/h7-14H,15-22H2,1-6H3/t35-,36-,37+,38+/m1/s1. The number of carbonyl (C=O) groups excluding carboxylic acids is 2. The lowest BCUT2D eigenvalue weighted by molar-refractivity contribution is -0.150. The molecule has 4 aliphatic carbocycles. The molecule has 4 bridgehead atoms. The highest BCUT2D eigenvalue weighted by Crippen LogP contribution is 2.72. The SMILES string of the molecule is CC1(C)[C@]2(C)CC[C@@]1(C(=O)N1CCN(C(=O)[C@]34CC[C@](C)(c5nc6ccccc6nc53)C4(C)C)CC1)c1nc3ccccc3nc12. The van der Waals surface area contributed by atoms with Crippen LogP contribution >= 0.6 is 0 Å². The molecule has 2 saturated carbocycles. The molecule has 1 saturated heterocycles. The summed E-state index contributed by atoms with van der Waals surface area (Å²) in [5, 5.41) is 0. The molecule has 0 N–H and O–H groups in total. The van der Waals surface area contributed by atoms with Gasteiger partial charge in [0.1, 0.15) is 0 Å². The Balaban J connectivity index is 1.04. The Kier molecular flexibility index (Phi) is 5.23. The lowest BCUT2D eigenvalue weighted by Gasteiger charge is -2.46. The minimum absolute atomic E-state index is 0.145. The van der Waals surface area contributed by atoms with Crippen molar-refractivity contribution in [1.29, 1.82) is 0 Å². The molecule has 2 aromatic heterocycles. The van der Waals surface area contributed by atoms with Gasteiger partial charge in [-0.3, -0.25) is 9.59 Å². The van der Waals surface area contributed by atoms with Crippen LogP contribution < -0.4 is 0 Å². The highest BCUT2D eigenvalue weighted by atomic mass is 16.2. The number of nitrogens with zero attached hydrogens (tertiary/aromatic N) is 6. The van der Waals surface area contributed by atoms with E-state index in [-0.39, 0.29) is 33.5 Å². The average molecular weight is 615 g/mol. The predicted octanol–water partition coefficient (Wildman–Crippen LogP) is 5.60. The van der Waals surface area contributed by atoms with Gasteiger partial charge in [-0.1, -0.05) is 65.8 Å². The van der Waals surface area contributed by atoms with E-state index in [0.717, 1.165) is 70.5 Å². The first-order valence-electron chi connectivity index (χ1n) is 17.0. The summed E-state index contributed by atoms with van der Waals surface area (Å²) in [6.07, 6.45) is 3.37. The highest BCUT2D eigenvalue weighted by molar-refractivity contribution is 5.95. The van der Waals surface area contributed by atoms with Crippen LogP contribution in [0.1, 0.15) is 90.0 Å². The van der Waals surface area contributed by atoms with Crippen molar-refractivity contribution in [3.63, 3.8) is 0 Å². The highest BCUT2D eigenvalue weighted by Gasteiger charge is 2.75. The van der Waals surface area contributed by atoms with Gasteiger partial charge in [0.2, 0.25) is 11.8 Å². The smallest absolute Gasteiger partial charge is 0.235 e. The molecule has 3 fully saturated rings. The number of para-hydroxylation sites is 4. The number of carbonyl (C=O) groups is 2. The molecule has 3 heterocycles. The van der Waals surface area contributed by atoms with Gasteiger partial charge in [0.15, 0.2) is 0 Å². The maximum absolute atomic E-state index is 14.9. The Morgan fingerprint density at radius 2 is 0.804 bits per heavy atom. The summed E-state index contributed by atoms with van der Waals surface area (Å²) in [5.41, 5.74) is 4.59. The van der Waals surface area contributed by atoms with Crippen molar-refractivity contribution in [2.24, 2.45) is 10.8 Å². The first kappa shape index (κ1) is 28.3. The van der Waals surface area contributed by atoms with E-state index >= 15 is 0 Å². The van der Waals surface area contributed by atoms with Gasteiger partial charge in [-0.25, -0.2) is 19.9 Å². The Morgan fingerprint density at radius 3 is 1.13 bits per heavy atom. The van der Waals surface area contributed by atoms with E-state index in [1.807, 2.05) is 58.3 Å². The van der Waals surface area contributed by atoms with E-state index < -0.39 is 10.8 Å². The van der Waals surface area contributed by atoms with Crippen LogP contribution in [0.4, 0.5) is 0 Å². The van der Waals surface area contributed by atoms with Gasteiger partial charge in [0, 0.05) is 37.0 Å². The van der Waals surface area contributed by atoms with Crippen molar-refractivity contribution in [3.05, 3.63) is 71.3 Å². The second-order valence-electron chi connectivity index (χ2n) is 16.1. The van der Waals surface area contributed by atoms with Crippen LogP contribution in [0, 0.1) is 10.8 Å². The molecular formula is C38H42N6O2. The third-order valence-electron chi connectivity index (χ3n) is 14.5. The molecule has 1 aliphatic heterocycles. The summed E-state index contributed by atoms with van der Waals surface area (Å²) in [5.74, 6) is 0.291. The van der Waals surface area contributed by atoms with Crippen LogP contribution in [-0.4, -0.2) is 67.7 Å². The Morgan fingerprint density at radius 1 is 0.500 bits per heavy atom. The molecule has 0 radical (unpaired) electrons. The number of piperazine rings is 1. The van der Waals surface area contributed by atoms with Gasteiger partial charge in [0.25, 0.3) is 0 Å². The van der Waals surface area contributed by atoms with Gasteiger partial charge in [-0.15, -0.1) is 0 Å². The van der Waals surface area contributed by atoms with Crippen LogP contribution in [0.25, 0.3) is 22.1 Å². The lowest BCUT2D eigenvalue weighted by atomic mass is 9.63. The van der Waals surface area contributed by atoms with Crippen LogP contribution in [0.15, 0.2) is 48.5 Å². The fraction of sp³-hybridized carbons (Fsp3) is 0.526. The summed E-state index contributed by atoms with van der Waals surface area (Å²) in [7, 11) is 0. The van der Waals surface area contributed by atoms with Gasteiger partial charge in [-0.05, 0) is 60.8 Å². The number of rotatable bonds is 2. The maximum Gasteiger partial charge on any atom is 0.235 e. The number of amides is 2. The van der Waals surface area contributed by atoms with Gasteiger partial charge in [0.05, 0.1) is 55.7 Å². The lowest BCUT2D eigenvalue weighted by Crippen LogP contribution is -2.61. The second-order valence-corrected chi connectivity index (χ2v) is 16.1. The Labute approximate surface area is 270 Å². The number of hydrogen-bond donors (Lipinski definition) is 0. The third-order valence-corrected chi connectivity index (χ3v) is 14.5. The number of benzene rings is 2. The molecule has 9 rings (SSSR count). The molecule has 4 aromatic rings. The second kappa shape index (κ2) is 8.50. The van der Waals surface area contributed by atoms with Crippen LogP contribution in [0.3, 0.4) is 0 Å². The van der Waals surface area contributed by atoms with Crippen LogP contribution in [0.5, 0.6) is 0 Å². The van der Waals surface area contributed by atoms with Crippen molar-refractivity contribution in [3.8, 4) is 0 Å². The van der Waals surface area contributed by atoms with Crippen molar-refractivity contribution < 1.29 is 9.59 Å². The number of aromatic nitrogens is 4. The summed E-state index contributed by atoms with van der Waals surface area (Å²) >= 11 is 0. The van der Waals surface area contributed by atoms with E-state index in [1.54, 1.807) is 0 Å². The van der Waals surface area contributed by atoms with Crippen LogP contribution in [0.2, 0.25) is 0 Å². The van der Waals surface area contributed by atoms with E-state index in [2.05, 4.69) is 41.5 Å². The average Bonchev–Trinajstić information content (AvgIpc) is 3.53. The monoisotopic (exact) mass is 614 g/mol. The zero-order valence-electron chi connectivity index (χ0n) is 27.8. The third kappa shape index (κ3) is 2.86. The number of fused-ring (bicyclic) bond motifs is 12. The Bertz CT molecular complexity index is 1890. The molecule has 8 heteroatoms. The quantitative estimate of drug-likeness (QED) is 0.292. The van der Waals surface area contributed by atoms with Crippen LogP contribution in [-0.2, 0) is 31.2 Å². The normalized spacial score (nSPS) is 33.1. The minimum Gasteiger partial charge on any atom is -0.338 e. The first-order valence-corrected chi connectivity index (χ1v) is 17.0. The summed E-state index contributed by atoms with van der Waals surface area (Å²) < 4.78 is 0. The van der Waals surface area contributed by atoms with E-state index in [4.69, 9.17) is 19.9 Å². The zero-order chi connectivity index (χ0) is 32.1. The van der Waals surface area contributed by atoms with Crippen molar-refractivity contribution >= 4 is 33.9 Å². The molecule has 8 nitrogen and oxygen atoms in total. The summed E-state index contributed by atoms with van der Waals surface area (Å²) in [4.78, 5) is 54.4. The molecular weight excluding hydrogens is 572 g/mol. The van der Waals surface area contributed by atoms with Gasteiger partial charge in [-0.2, -0.15) is 0 Å². The fourth-order valence-electron chi connectivity index (χ4n) is 10.7. The van der Waals surface area contributed by atoms with Gasteiger partial charge >= 0.3 is 0 Å². The molecule has 0 unspecified atom stereocenters. The fourth-order valence-corrected chi connectivity index (χ4v) is 10.7. The minimum atomic E-state index is -0.727. The Hall–Kier alpha value is -3.94. The largest absolute Gasteiger partial charge is 0.338 e. The molecule has 0 spiro atoms. The van der Waals surface area contributed by atoms with Gasteiger partial charge < -0.3 is 9.80 Å². The summed E-state index contributed by atoms with van der Waals surface area (Å²) in [6.45, 7) is 15.6. The predicted molar refractivity (Wildman–Crippen MR) is 176 cm³/mol. The van der Waals surface area contributed by atoms with E-state index in [9.17, 15) is 9.59 Å². The molecule has 2 amide bonds. The van der Waals surface area contributed by atoms with Crippen molar-refractivity contribution in [2.75, 3.05) is 26.2 Å². The molecule has 2 aromatic carbocycles. The number of hydrogen-bond acceptors (Lipinski definition) is 6. The van der Waals surface area contributed by atoms with E-state index in [1.165, 1.54) is 0 Å².